The number of hydrogen-bond acceptors (Lipinski definition) is 3. The van der Waals surface area contributed by atoms with Gasteiger partial charge in [-0.2, -0.15) is 0 Å². The van der Waals surface area contributed by atoms with Crippen LogP contribution >= 0.6 is 0 Å². The van der Waals surface area contributed by atoms with Gasteiger partial charge in [-0.3, -0.25) is 9.59 Å². The molecule has 0 saturated carbocycles. The van der Waals surface area contributed by atoms with E-state index < -0.39 is 0 Å². The molecule has 1 heterocycles. The number of nitrogens with one attached hydrogen (secondary N) is 1. The van der Waals surface area contributed by atoms with E-state index in [0.717, 1.165) is 55.8 Å². The number of carbonyl (C=O) groups excluding carboxylic acids is 2. The zero-order chi connectivity index (χ0) is 21.5. The average molecular weight is 408 g/mol. The molecule has 0 atom stereocenters. The fourth-order valence-electron chi connectivity index (χ4n) is 3.99. The van der Waals surface area contributed by atoms with E-state index in [4.69, 9.17) is 0 Å². The lowest BCUT2D eigenvalue weighted by Crippen LogP contribution is -2.29. The van der Waals surface area contributed by atoms with Crippen molar-refractivity contribution in [3.05, 3.63) is 53.6 Å². The molecular weight excluding hydrogens is 374 g/mol. The van der Waals surface area contributed by atoms with Crippen LogP contribution in [0.25, 0.3) is 11.1 Å². The summed E-state index contributed by atoms with van der Waals surface area (Å²) in [5.74, 6) is 0.151. The molecule has 0 radical (unpaired) electrons. The summed E-state index contributed by atoms with van der Waals surface area (Å²) in [5.41, 5.74) is 5.12. The van der Waals surface area contributed by atoms with E-state index in [9.17, 15) is 9.59 Å². The Hall–Kier alpha value is -2.66. The van der Waals surface area contributed by atoms with E-state index in [2.05, 4.69) is 36.2 Å². The highest BCUT2D eigenvalue weighted by Gasteiger charge is 2.23. The fraction of sp³-hybridized carbons (Fsp3) is 0.440. The smallest absolute Gasteiger partial charge is 0.251 e. The molecule has 2 aromatic rings. The molecule has 30 heavy (non-hydrogen) atoms. The third-order valence-electron chi connectivity index (χ3n) is 5.89. The Kier molecular flexibility index (Phi) is 7.63. The lowest BCUT2D eigenvalue weighted by Gasteiger charge is -2.17. The van der Waals surface area contributed by atoms with Crippen molar-refractivity contribution in [2.45, 2.75) is 40.0 Å². The molecule has 1 aliphatic heterocycles. The highest BCUT2D eigenvalue weighted by molar-refractivity contribution is 5.96. The molecule has 5 heteroatoms. The van der Waals surface area contributed by atoms with Gasteiger partial charge < -0.3 is 15.1 Å². The summed E-state index contributed by atoms with van der Waals surface area (Å²) in [6.07, 6.45) is 2.38. The Morgan fingerprint density at radius 3 is 2.37 bits per heavy atom. The third kappa shape index (κ3) is 5.08. The second-order valence-electron chi connectivity index (χ2n) is 7.71. The summed E-state index contributed by atoms with van der Waals surface area (Å²) < 4.78 is 0. The van der Waals surface area contributed by atoms with E-state index in [1.165, 1.54) is 5.56 Å². The molecule has 1 aliphatic rings. The van der Waals surface area contributed by atoms with E-state index in [0.29, 0.717) is 18.5 Å². The van der Waals surface area contributed by atoms with Crippen molar-refractivity contribution in [1.29, 1.82) is 0 Å². The SMILES string of the molecule is CCC(=O)N1CCc2cc(-c3ccc(C(=O)NCCCN(CC)CC)cc3)ccc21. The second kappa shape index (κ2) is 10.4. The summed E-state index contributed by atoms with van der Waals surface area (Å²) in [6, 6.07) is 14.0. The van der Waals surface area contributed by atoms with Crippen molar-refractivity contribution in [3.63, 3.8) is 0 Å². The van der Waals surface area contributed by atoms with Gasteiger partial charge in [0.05, 0.1) is 0 Å². The standard InChI is InChI=1S/C25H33N3O2/c1-4-24(29)28-17-14-22-18-21(12-13-23(22)28)19-8-10-20(11-9-19)25(30)26-15-7-16-27(5-2)6-3/h8-13,18H,4-7,14-17H2,1-3H3,(H,26,30). The zero-order valence-corrected chi connectivity index (χ0v) is 18.4. The maximum Gasteiger partial charge on any atom is 0.251 e. The number of benzene rings is 2. The molecule has 0 unspecified atom stereocenters. The molecule has 0 bridgehead atoms. The van der Waals surface area contributed by atoms with Crippen LogP contribution in [0, 0.1) is 0 Å². The Morgan fingerprint density at radius 1 is 1.00 bits per heavy atom. The van der Waals surface area contributed by atoms with Crippen LogP contribution in [0.4, 0.5) is 5.69 Å². The minimum atomic E-state index is -0.0243. The van der Waals surface area contributed by atoms with Crippen LogP contribution in [0.15, 0.2) is 42.5 Å². The highest BCUT2D eigenvalue weighted by Crippen LogP contribution is 2.32. The second-order valence-corrected chi connectivity index (χ2v) is 7.71. The van der Waals surface area contributed by atoms with E-state index in [1.54, 1.807) is 0 Å². The predicted octanol–water partition coefficient (Wildman–Crippen LogP) is 4.11. The summed E-state index contributed by atoms with van der Waals surface area (Å²) in [7, 11) is 0. The van der Waals surface area contributed by atoms with Crippen molar-refractivity contribution < 1.29 is 9.59 Å². The zero-order valence-electron chi connectivity index (χ0n) is 18.4. The predicted molar refractivity (Wildman–Crippen MR) is 123 cm³/mol. The first-order chi connectivity index (χ1) is 14.6. The third-order valence-corrected chi connectivity index (χ3v) is 5.89. The lowest BCUT2D eigenvalue weighted by molar-refractivity contribution is -0.118. The van der Waals surface area contributed by atoms with Crippen LogP contribution in [0.3, 0.4) is 0 Å². The van der Waals surface area contributed by atoms with Crippen LogP contribution in [-0.2, 0) is 11.2 Å². The lowest BCUT2D eigenvalue weighted by atomic mass is 10.0. The van der Waals surface area contributed by atoms with Gasteiger partial charge in [0.25, 0.3) is 5.91 Å². The summed E-state index contributed by atoms with van der Waals surface area (Å²) in [5, 5.41) is 3.01. The molecular formula is C25H33N3O2. The molecule has 2 amide bonds. The molecule has 2 aromatic carbocycles. The van der Waals surface area contributed by atoms with Crippen LogP contribution < -0.4 is 10.2 Å². The topological polar surface area (TPSA) is 52.7 Å². The summed E-state index contributed by atoms with van der Waals surface area (Å²) >= 11 is 0. The maximum absolute atomic E-state index is 12.4. The van der Waals surface area contributed by atoms with E-state index in [-0.39, 0.29) is 11.8 Å². The number of fused-ring (bicyclic) bond motifs is 1. The summed E-state index contributed by atoms with van der Waals surface area (Å²) in [4.78, 5) is 28.7. The molecule has 0 saturated heterocycles. The van der Waals surface area contributed by atoms with Gasteiger partial charge in [-0.1, -0.05) is 39.0 Å². The van der Waals surface area contributed by atoms with E-state index in [1.807, 2.05) is 42.2 Å². The maximum atomic E-state index is 12.4. The van der Waals surface area contributed by atoms with Crippen LogP contribution in [-0.4, -0.2) is 49.4 Å². The van der Waals surface area contributed by atoms with Gasteiger partial charge in [0.2, 0.25) is 5.91 Å². The number of nitrogens with zero attached hydrogens (tertiary/aromatic N) is 2. The molecule has 0 fully saturated rings. The molecule has 3 rings (SSSR count). The molecule has 0 spiro atoms. The number of anilines is 1. The van der Waals surface area contributed by atoms with Crippen molar-refractivity contribution in [2.75, 3.05) is 37.6 Å². The Balaban J connectivity index is 1.59. The fourth-order valence-corrected chi connectivity index (χ4v) is 3.99. The first kappa shape index (κ1) is 22.0. The van der Waals surface area contributed by atoms with Crippen LogP contribution in [0.2, 0.25) is 0 Å². The van der Waals surface area contributed by atoms with Gasteiger partial charge in [-0.25, -0.2) is 0 Å². The van der Waals surface area contributed by atoms with Gasteiger partial charge >= 0.3 is 0 Å². The Morgan fingerprint density at radius 2 is 1.70 bits per heavy atom. The quantitative estimate of drug-likeness (QED) is 0.637. The van der Waals surface area contributed by atoms with Gasteiger partial charge in [-0.05, 0) is 73.4 Å². The molecule has 160 valence electrons. The number of amides is 2. The number of rotatable bonds is 9. The largest absolute Gasteiger partial charge is 0.352 e. The normalized spacial score (nSPS) is 12.9. The van der Waals surface area contributed by atoms with Gasteiger partial charge in [0.1, 0.15) is 0 Å². The van der Waals surface area contributed by atoms with Crippen molar-refractivity contribution >= 4 is 17.5 Å². The highest BCUT2D eigenvalue weighted by atomic mass is 16.2. The Bertz CT molecular complexity index is 872. The van der Waals surface area contributed by atoms with E-state index >= 15 is 0 Å². The van der Waals surface area contributed by atoms with Crippen molar-refractivity contribution in [2.24, 2.45) is 0 Å². The number of hydrogen-bond donors (Lipinski definition) is 1. The van der Waals surface area contributed by atoms with Crippen molar-refractivity contribution in [3.8, 4) is 11.1 Å². The first-order valence-electron chi connectivity index (χ1n) is 11.1. The monoisotopic (exact) mass is 407 g/mol. The minimum Gasteiger partial charge on any atom is -0.352 e. The van der Waals surface area contributed by atoms with Crippen LogP contribution in [0.1, 0.15) is 49.5 Å². The first-order valence-corrected chi connectivity index (χ1v) is 11.1. The Labute approximate surface area is 180 Å². The van der Waals surface area contributed by atoms with Gasteiger partial charge in [0, 0.05) is 30.8 Å². The molecule has 0 aromatic heterocycles. The molecule has 5 nitrogen and oxygen atoms in total. The molecule has 1 N–H and O–H groups in total. The van der Waals surface area contributed by atoms with Gasteiger partial charge in [0.15, 0.2) is 0 Å². The minimum absolute atomic E-state index is 0.0243. The van der Waals surface area contributed by atoms with Crippen LogP contribution in [0.5, 0.6) is 0 Å². The molecule has 0 aliphatic carbocycles. The summed E-state index contributed by atoms with van der Waals surface area (Å²) in [6.45, 7) is 10.8. The number of carbonyl (C=O) groups is 2. The van der Waals surface area contributed by atoms with Gasteiger partial charge in [-0.15, -0.1) is 0 Å². The van der Waals surface area contributed by atoms with Crippen molar-refractivity contribution in [1.82, 2.24) is 10.2 Å². The average Bonchev–Trinajstić information content (AvgIpc) is 3.22.